The van der Waals surface area contributed by atoms with Crippen LogP contribution in [0.4, 0.5) is 0 Å². The average Bonchev–Trinajstić information content (AvgIpc) is 3.56. The predicted molar refractivity (Wildman–Crippen MR) is 147 cm³/mol. The molecule has 0 aliphatic heterocycles. The summed E-state index contributed by atoms with van der Waals surface area (Å²) in [6, 6.07) is 6.83. The van der Waals surface area contributed by atoms with Crippen molar-refractivity contribution in [1.82, 2.24) is 10.3 Å². The van der Waals surface area contributed by atoms with E-state index in [0.717, 1.165) is 27.6 Å². The zero-order valence-corrected chi connectivity index (χ0v) is 22.9. The minimum Gasteiger partial charge on any atom is -0.467 e. The van der Waals surface area contributed by atoms with Gasteiger partial charge in [-0.2, -0.15) is 0 Å². The van der Waals surface area contributed by atoms with Gasteiger partial charge >= 0.3 is 5.97 Å². The molecular weight excluding hydrogens is 508 g/mol. The second-order valence-corrected chi connectivity index (χ2v) is 13.1. The van der Waals surface area contributed by atoms with Crippen molar-refractivity contribution in [2.24, 2.45) is 34.5 Å². The number of allylic oxidation sites excluding steroid dienone is 1. The van der Waals surface area contributed by atoms with E-state index in [4.69, 9.17) is 4.74 Å². The van der Waals surface area contributed by atoms with Crippen LogP contribution in [0.5, 0.6) is 0 Å². The van der Waals surface area contributed by atoms with Gasteiger partial charge in [-0.15, -0.1) is 0 Å². The van der Waals surface area contributed by atoms with Crippen LogP contribution in [0, 0.1) is 34.5 Å². The van der Waals surface area contributed by atoms with Gasteiger partial charge in [-0.05, 0) is 61.1 Å². The van der Waals surface area contributed by atoms with Crippen LogP contribution >= 0.6 is 0 Å². The van der Waals surface area contributed by atoms with Crippen LogP contribution in [0.2, 0.25) is 0 Å². The molecule has 1 amide bonds. The van der Waals surface area contributed by atoms with Crippen LogP contribution < -0.4 is 5.32 Å². The van der Waals surface area contributed by atoms with Gasteiger partial charge in [-0.3, -0.25) is 9.59 Å². The number of aromatic amines is 1. The van der Waals surface area contributed by atoms with Crippen molar-refractivity contribution in [2.45, 2.75) is 63.2 Å². The van der Waals surface area contributed by atoms with Crippen LogP contribution in [0.1, 0.15) is 44.6 Å². The molecule has 1 heterocycles. The number of nitrogens with one attached hydrogen (secondary N) is 2. The lowest BCUT2D eigenvalue weighted by atomic mass is 9.60. The van der Waals surface area contributed by atoms with Gasteiger partial charge in [-0.25, -0.2) is 4.79 Å². The SMILES string of the molecule is C=C1C[C@]23C[C@@]1(O)CC[C@H]2C1=C[C@H]2CC(=O)[C@@](C)([C@H]1[C@@H]3C(=O)N[C@@H](Cc1c[nH]c3ccccc13)C(=O)OC)[C@H]2O. The number of aliphatic hydroxyl groups is 2. The van der Waals surface area contributed by atoms with Crippen LogP contribution in [-0.2, 0) is 25.5 Å². The molecule has 0 saturated heterocycles. The molecule has 1 aromatic heterocycles. The first-order valence-corrected chi connectivity index (χ1v) is 14.3. The van der Waals surface area contributed by atoms with E-state index in [1.165, 1.54) is 7.11 Å². The highest BCUT2D eigenvalue weighted by atomic mass is 16.5. The van der Waals surface area contributed by atoms with Crippen molar-refractivity contribution in [3.8, 4) is 0 Å². The number of fused-ring (bicyclic) bond motifs is 7. The second kappa shape index (κ2) is 8.40. The molecule has 0 radical (unpaired) electrons. The number of aromatic nitrogens is 1. The molecule has 210 valence electrons. The number of carbonyl (C=O) groups excluding carboxylic acids is 3. The van der Waals surface area contributed by atoms with E-state index in [0.29, 0.717) is 25.7 Å². The van der Waals surface area contributed by atoms with E-state index < -0.39 is 46.4 Å². The summed E-state index contributed by atoms with van der Waals surface area (Å²) >= 11 is 0. The molecule has 8 heteroatoms. The quantitative estimate of drug-likeness (QED) is 0.338. The molecule has 4 fully saturated rings. The first kappa shape index (κ1) is 25.7. The van der Waals surface area contributed by atoms with Crippen molar-refractivity contribution in [3.63, 3.8) is 0 Å². The van der Waals surface area contributed by atoms with Crippen LogP contribution in [0.15, 0.2) is 54.3 Å². The molecule has 5 aliphatic carbocycles. The number of ether oxygens (including phenoxy) is 1. The van der Waals surface area contributed by atoms with Gasteiger partial charge in [0.25, 0.3) is 0 Å². The number of rotatable bonds is 5. The van der Waals surface area contributed by atoms with Gasteiger partial charge in [0.1, 0.15) is 11.8 Å². The number of carbonyl (C=O) groups is 3. The smallest absolute Gasteiger partial charge is 0.328 e. The fourth-order valence-corrected chi connectivity index (χ4v) is 9.50. The largest absolute Gasteiger partial charge is 0.467 e. The van der Waals surface area contributed by atoms with E-state index in [2.05, 4.69) is 23.0 Å². The van der Waals surface area contributed by atoms with Gasteiger partial charge in [0.15, 0.2) is 0 Å². The Bertz CT molecular complexity index is 1510. The third kappa shape index (κ3) is 3.17. The molecule has 4 bridgehead atoms. The maximum absolute atomic E-state index is 14.5. The van der Waals surface area contributed by atoms with E-state index in [1.807, 2.05) is 37.4 Å². The Labute approximate surface area is 232 Å². The average molecular weight is 545 g/mol. The summed E-state index contributed by atoms with van der Waals surface area (Å²) in [6.45, 7) is 6.03. The summed E-state index contributed by atoms with van der Waals surface area (Å²) in [5, 5.41) is 26.8. The number of para-hydroxylation sites is 1. The zero-order valence-electron chi connectivity index (χ0n) is 22.9. The summed E-state index contributed by atoms with van der Waals surface area (Å²) in [7, 11) is 1.31. The lowest BCUT2D eigenvalue weighted by Gasteiger charge is -2.44. The Morgan fingerprint density at radius 1 is 1.30 bits per heavy atom. The Kier molecular flexibility index (Phi) is 5.40. The van der Waals surface area contributed by atoms with Crippen molar-refractivity contribution >= 4 is 28.6 Å². The first-order valence-electron chi connectivity index (χ1n) is 14.3. The summed E-state index contributed by atoms with van der Waals surface area (Å²) in [5.74, 6) is -2.35. The topological polar surface area (TPSA) is 129 Å². The minimum absolute atomic E-state index is 0.0122. The number of hydrogen-bond acceptors (Lipinski definition) is 6. The standard InChI is InChI=1S/C32H36N2O6/c1-16-13-31-15-32(16,39)9-8-21(31)20-10-17-12-24(35)30(2,27(17)36)25(20)26(31)28(37)34-23(29(38)40-3)11-18-14-33-22-7-5-4-6-19(18)22/h4-7,10,14,17,21,23,25-27,33,36,39H,1,8-9,11-13,15H2,2-3H3,(H,34,37)/t17-,21-,23-,25+,26+,27-,30-,31-,32-/m0/s1. The molecular formula is C32H36N2O6. The Morgan fingerprint density at radius 3 is 2.85 bits per heavy atom. The molecule has 5 aliphatic rings. The van der Waals surface area contributed by atoms with Crippen molar-refractivity contribution in [2.75, 3.05) is 7.11 Å². The fraction of sp³-hybridized carbons (Fsp3) is 0.531. The number of H-pyrrole nitrogens is 1. The summed E-state index contributed by atoms with van der Waals surface area (Å²) < 4.78 is 5.12. The Balaban J connectivity index is 1.30. The number of aliphatic hydroxyl groups excluding tert-OH is 1. The molecule has 1 aromatic carbocycles. The van der Waals surface area contributed by atoms with Crippen LogP contribution in [0.3, 0.4) is 0 Å². The lowest BCUT2D eigenvalue weighted by Crippen LogP contribution is -2.54. The van der Waals surface area contributed by atoms with Crippen molar-refractivity contribution in [1.29, 1.82) is 0 Å². The lowest BCUT2D eigenvalue weighted by molar-refractivity contribution is -0.149. The highest BCUT2D eigenvalue weighted by molar-refractivity contribution is 5.94. The van der Waals surface area contributed by atoms with E-state index >= 15 is 0 Å². The van der Waals surface area contributed by atoms with Crippen molar-refractivity contribution < 1.29 is 29.3 Å². The third-order valence-electron chi connectivity index (χ3n) is 11.4. The number of benzene rings is 1. The van der Waals surface area contributed by atoms with Gasteiger partial charge in [-0.1, -0.05) is 36.4 Å². The van der Waals surface area contributed by atoms with Gasteiger partial charge < -0.3 is 25.3 Å². The molecule has 9 atom stereocenters. The van der Waals surface area contributed by atoms with Gasteiger partial charge in [0, 0.05) is 41.8 Å². The normalized spacial score (nSPS) is 40.0. The summed E-state index contributed by atoms with van der Waals surface area (Å²) in [6.07, 6.45) is 5.69. The van der Waals surface area contributed by atoms with E-state index in [1.54, 1.807) is 0 Å². The van der Waals surface area contributed by atoms with Crippen LogP contribution in [-0.4, -0.2) is 57.7 Å². The molecule has 4 saturated carbocycles. The zero-order chi connectivity index (χ0) is 28.2. The number of amides is 1. The first-order chi connectivity index (χ1) is 19.0. The second-order valence-electron chi connectivity index (χ2n) is 13.1. The number of methoxy groups -OCH3 is 1. The number of hydrogen-bond donors (Lipinski definition) is 4. The number of Topliss-reactive ketones (excluding diaryl/α,β-unsaturated/α-hetero) is 1. The van der Waals surface area contributed by atoms with E-state index in [-0.39, 0.29) is 36.4 Å². The van der Waals surface area contributed by atoms with Gasteiger partial charge in [0.2, 0.25) is 5.91 Å². The number of esters is 1. The summed E-state index contributed by atoms with van der Waals surface area (Å²) in [4.78, 5) is 44.3. The Morgan fingerprint density at radius 2 is 2.08 bits per heavy atom. The molecule has 40 heavy (non-hydrogen) atoms. The Hall–Kier alpha value is -3.23. The molecule has 2 aromatic rings. The van der Waals surface area contributed by atoms with E-state index in [9.17, 15) is 24.6 Å². The highest BCUT2D eigenvalue weighted by Crippen LogP contribution is 2.74. The molecule has 1 spiro atoms. The van der Waals surface area contributed by atoms with Crippen LogP contribution in [0.25, 0.3) is 10.9 Å². The molecule has 8 nitrogen and oxygen atoms in total. The monoisotopic (exact) mass is 544 g/mol. The predicted octanol–water partition coefficient (Wildman–Crippen LogP) is 2.99. The maximum atomic E-state index is 14.5. The third-order valence-corrected chi connectivity index (χ3v) is 11.4. The molecule has 7 rings (SSSR count). The molecule has 4 N–H and O–H groups in total. The summed E-state index contributed by atoms with van der Waals surface area (Å²) in [5.41, 5.74) is 0.859. The van der Waals surface area contributed by atoms with Crippen molar-refractivity contribution in [3.05, 3.63) is 59.8 Å². The minimum atomic E-state index is -1.09. The fourth-order valence-electron chi connectivity index (χ4n) is 9.50. The molecule has 0 unspecified atom stereocenters. The number of ketones is 1. The van der Waals surface area contributed by atoms with Gasteiger partial charge in [0.05, 0.1) is 30.1 Å². The maximum Gasteiger partial charge on any atom is 0.328 e. The highest BCUT2D eigenvalue weighted by Gasteiger charge is 2.74.